The highest BCUT2D eigenvalue weighted by Crippen LogP contribution is 2.34. The fraction of sp³-hybridized carbons (Fsp3) is 0.315. The maximum atomic E-state index is 12.9. The Morgan fingerprint density at radius 1 is 0.618 bits per heavy atom. The predicted octanol–water partition coefficient (Wildman–Crippen LogP) is 13.1. The number of aliphatic carboxylic acids is 2. The summed E-state index contributed by atoms with van der Waals surface area (Å²) in [6.45, 7) is 7.35. The molecular formula is C54H56F3N3O8. The normalized spacial score (nSPS) is 11.9. The number of carbonyl (C=O) groups is 2. The Kier molecular flexibility index (Phi) is 19.3. The number of pyridine rings is 2. The molecule has 2 atom stereocenters. The molecule has 6 aromatic rings. The first-order valence-corrected chi connectivity index (χ1v) is 22.6. The first-order valence-electron chi connectivity index (χ1n) is 22.6. The second-order valence-electron chi connectivity index (χ2n) is 15.8. The molecule has 0 fully saturated rings. The Labute approximate surface area is 395 Å². The van der Waals surface area contributed by atoms with Crippen molar-refractivity contribution in [2.75, 3.05) is 13.2 Å². The van der Waals surface area contributed by atoms with E-state index in [4.69, 9.17) is 44.4 Å². The average Bonchev–Trinajstić information content (AvgIpc) is 3.35. The molecule has 2 aromatic heterocycles. The van der Waals surface area contributed by atoms with Crippen molar-refractivity contribution in [1.29, 1.82) is 5.26 Å². The van der Waals surface area contributed by atoms with Crippen LogP contribution >= 0.6 is 0 Å². The zero-order valence-corrected chi connectivity index (χ0v) is 38.6. The summed E-state index contributed by atoms with van der Waals surface area (Å²) < 4.78 is 62.1. The number of hydrogen-bond acceptors (Lipinski definition) is 9. The van der Waals surface area contributed by atoms with Crippen LogP contribution < -0.4 is 18.9 Å². The van der Waals surface area contributed by atoms with Gasteiger partial charge in [0.1, 0.15) is 35.2 Å². The van der Waals surface area contributed by atoms with Crippen LogP contribution in [0.15, 0.2) is 121 Å². The molecule has 68 heavy (non-hydrogen) atoms. The van der Waals surface area contributed by atoms with Crippen molar-refractivity contribution in [3.8, 4) is 51.6 Å². The van der Waals surface area contributed by atoms with Gasteiger partial charge in [-0.25, -0.2) is 19.6 Å². The lowest BCUT2D eigenvalue weighted by atomic mass is 10.1. The number of rotatable bonds is 22. The van der Waals surface area contributed by atoms with Crippen LogP contribution in [-0.2, 0) is 28.6 Å². The topological polar surface area (TPSA) is 161 Å². The number of halogens is 3. The van der Waals surface area contributed by atoms with Crippen molar-refractivity contribution in [1.82, 2.24) is 9.97 Å². The van der Waals surface area contributed by atoms with Crippen LogP contribution in [0, 0.1) is 11.3 Å². The number of unbranched alkanes of at least 4 members (excludes halogenated alkanes) is 2. The smallest absolute Gasteiger partial charge is 0.416 e. The van der Waals surface area contributed by atoms with Crippen LogP contribution in [0.5, 0.6) is 23.0 Å². The molecule has 2 heterocycles. The molecule has 0 amide bonds. The monoisotopic (exact) mass is 931 g/mol. The molecule has 2 unspecified atom stereocenters. The van der Waals surface area contributed by atoms with Gasteiger partial charge in [0.15, 0.2) is 13.2 Å². The van der Waals surface area contributed by atoms with Crippen LogP contribution in [0.3, 0.4) is 0 Å². The van der Waals surface area contributed by atoms with Crippen LogP contribution in [0.4, 0.5) is 13.2 Å². The van der Waals surface area contributed by atoms with Gasteiger partial charge in [-0.2, -0.15) is 18.4 Å². The third-order valence-electron chi connectivity index (χ3n) is 10.7. The zero-order chi connectivity index (χ0) is 49.1. The molecule has 0 saturated carbocycles. The largest absolute Gasteiger partial charge is 0.484 e. The summed E-state index contributed by atoms with van der Waals surface area (Å²) in [5, 5.41) is 26.8. The minimum Gasteiger partial charge on any atom is -0.484 e. The number of carboxylic acids is 2. The van der Waals surface area contributed by atoms with Gasteiger partial charge >= 0.3 is 18.1 Å². The summed E-state index contributed by atoms with van der Waals surface area (Å²) in [6, 6.07) is 36.5. The summed E-state index contributed by atoms with van der Waals surface area (Å²) in [7, 11) is 0. The van der Waals surface area contributed by atoms with Gasteiger partial charge in [-0.3, -0.25) is 0 Å². The van der Waals surface area contributed by atoms with E-state index in [1.54, 1.807) is 42.5 Å². The number of nitriles is 1. The first kappa shape index (κ1) is 51.6. The molecule has 0 aliphatic heterocycles. The number of hydrogen-bond donors (Lipinski definition) is 2. The molecule has 6 rings (SSSR count). The molecule has 0 spiro atoms. The Balaban J connectivity index is 0.000000255. The molecule has 0 aliphatic rings. The molecule has 11 nitrogen and oxygen atoms in total. The van der Waals surface area contributed by atoms with Gasteiger partial charge in [0.05, 0.1) is 40.0 Å². The fourth-order valence-corrected chi connectivity index (χ4v) is 7.14. The molecule has 0 radical (unpaired) electrons. The van der Waals surface area contributed by atoms with Gasteiger partial charge in [-0.15, -0.1) is 0 Å². The summed E-state index contributed by atoms with van der Waals surface area (Å²) in [4.78, 5) is 31.2. The molecule has 0 saturated heterocycles. The Hall–Kier alpha value is -7.40. The molecule has 4 aromatic carbocycles. The lowest BCUT2D eigenvalue weighted by Crippen LogP contribution is -2.12. The van der Waals surface area contributed by atoms with Gasteiger partial charge in [0.25, 0.3) is 0 Å². The zero-order valence-electron chi connectivity index (χ0n) is 38.6. The lowest BCUT2D eigenvalue weighted by Gasteiger charge is -2.20. The third-order valence-corrected chi connectivity index (χ3v) is 10.7. The molecule has 356 valence electrons. The highest BCUT2D eigenvalue weighted by atomic mass is 19.4. The van der Waals surface area contributed by atoms with E-state index in [1.165, 1.54) is 12.1 Å². The van der Waals surface area contributed by atoms with Crippen LogP contribution in [0.2, 0.25) is 0 Å². The Morgan fingerprint density at radius 3 is 1.41 bits per heavy atom. The second kappa shape index (κ2) is 25.5. The number of nitrogens with zero attached hydrogens (tertiary/aromatic N) is 3. The van der Waals surface area contributed by atoms with E-state index in [0.717, 1.165) is 72.3 Å². The summed E-state index contributed by atoms with van der Waals surface area (Å²) in [6.07, 6.45) is 1.77. The number of aryl methyl sites for hydroxylation is 2. The number of carboxylic acid groups (broad SMARTS) is 2. The molecule has 0 bridgehead atoms. The summed E-state index contributed by atoms with van der Waals surface area (Å²) in [5.74, 6) is 0.290. The maximum Gasteiger partial charge on any atom is 0.416 e. The van der Waals surface area contributed by atoms with Crippen molar-refractivity contribution in [2.24, 2.45) is 0 Å². The summed E-state index contributed by atoms with van der Waals surface area (Å²) in [5.41, 5.74) is 6.06. The van der Waals surface area contributed by atoms with Crippen molar-refractivity contribution in [3.05, 3.63) is 155 Å². The van der Waals surface area contributed by atoms with Gasteiger partial charge in [0, 0.05) is 11.1 Å². The van der Waals surface area contributed by atoms with Gasteiger partial charge in [-0.1, -0.05) is 76.9 Å². The number of benzene rings is 4. The van der Waals surface area contributed by atoms with Crippen molar-refractivity contribution < 1.29 is 51.9 Å². The minimum atomic E-state index is -4.39. The van der Waals surface area contributed by atoms with Crippen LogP contribution in [0.25, 0.3) is 22.5 Å². The number of aromatic nitrogens is 2. The van der Waals surface area contributed by atoms with E-state index in [0.29, 0.717) is 64.8 Å². The van der Waals surface area contributed by atoms with Gasteiger partial charge < -0.3 is 29.2 Å². The minimum absolute atomic E-state index is 0.223. The Bertz CT molecular complexity index is 2610. The SMILES string of the molecule is CCCCC(Oc1ccc(OCC(=O)O)c(CC)c1)c1cccc(-c2ccc(C#N)cc2)n1.CCCCC(Oc1ccc(OCC(=O)O)c(CC)c1)c1cccc(-c2ccc(C(F)(F)F)cc2)n1. The first-order chi connectivity index (χ1) is 32.7. The van der Waals surface area contributed by atoms with Crippen LogP contribution in [0.1, 0.15) is 112 Å². The highest BCUT2D eigenvalue weighted by molar-refractivity contribution is 5.69. The van der Waals surface area contributed by atoms with E-state index in [-0.39, 0.29) is 18.8 Å². The molecule has 14 heteroatoms. The van der Waals surface area contributed by atoms with E-state index in [2.05, 4.69) is 19.9 Å². The quantitative estimate of drug-likeness (QED) is 0.0666. The van der Waals surface area contributed by atoms with E-state index >= 15 is 0 Å². The molecule has 2 N–H and O–H groups in total. The lowest BCUT2D eigenvalue weighted by molar-refractivity contribution is -0.140. The predicted molar refractivity (Wildman–Crippen MR) is 253 cm³/mol. The standard InChI is InChI=1S/C27H28F3NO4.C27H28N2O4/c1-3-5-9-25(35-21-14-15-24(18(4-2)16-21)34-17-26(32)33)23-8-6-7-22(31-23)19-10-12-20(13-11-19)27(28,29)30;1-3-5-9-26(33-22-14-15-25(20(4-2)16-22)32-18-27(30)31)24-8-6-7-23(29-24)21-12-10-19(17-28)11-13-21/h6-8,10-16,25H,3-5,9,17H2,1-2H3,(H,32,33);6-8,10-16,26H,3-5,9,18H2,1-2H3,(H,30,31). The second-order valence-corrected chi connectivity index (χ2v) is 15.8. The van der Waals surface area contributed by atoms with Crippen LogP contribution in [-0.4, -0.2) is 45.3 Å². The number of alkyl halides is 3. The summed E-state index contributed by atoms with van der Waals surface area (Å²) >= 11 is 0. The van der Waals surface area contributed by atoms with Crippen molar-refractivity contribution >= 4 is 11.9 Å². The third kappa shape index (κ3) is 15.3. The average molecular weight is 932 g/mol. The van der Waals surface area contributed by atoms with Crippen molar-refractivity contribution in [3.63, 3.8) is 0 Å². The fourth-order valence-electron chi connectivity index (χ4n) is 7.14. The number of ether oxygens (including phenoxy) is 4. The van der Waals surface area contributed by atoms with Crippen molar-refractivity contribution in [2.45, 2.75) is 97.4 Å². The highest BCUT2D eigenvalue weighted by Gasteiger charge is 2.30. The van der Waals surface area contributed by atoms with E-state index in [1.807, 2.05) is 68.4 Å². The van der Waals surface area contributed by atoms with E-state index < -0.39 is 30.3 Å². The molecular weight excluding hydrogens is 876 g/mol. The molecule has 0 aliphatic carbocycles. The maximum absolute atomic E-state index is 12.9. The van der Waals surface area contributed by atoms with Gasteiger partial charge in [-0.05, 0) is 135 Å². The Morgan fingerprint density at radius 2 is 1.04 bits per heavy atom. The van der Waals surface area contributed by atoms with Gasteiger partial charge in [0.2, 0.25) is 0 Å². The van der Waals surface area contributed by atoms with E-state index in [9.17, 15) is 22.8 Å².